The van der Waals surface area contributed by atoms with E-state index in [4.69, 9.17) is 4.74 Å². The summed E-state index contributed by atoms with van der Waals surface area (Å²) in [7, 11) is -2.59. The monoisotopic (exact) mass is 519 g/mol. The number of aromatic nitrogens is 1. The number of amides is 3. The Labute approximate surface area is 207 Å². The van der Waals surface area contributed by atoms with Gasteiger partial charge >= 0.3 is 11.8 Å². The van der Waals surface area contributed by atoms with Crippen LogP contribution >= 0.6 is 0 Å². The lowest BCUT2D eigenvalue weighted by atomic mass is 10.0. The van der Waals surface area contributed by atoms with Crippen molar-refractivity contribution in [2.45, 2.75) is 49.3 Å². The van der Waals surface area contributed by atoms with E-state index in [9.17, 15) is 27.2 Å². The van der Waals surface area contributed by atoms with Crippen molar-refractivity contribution in [3.8, 4) is 5.75 Å². The maximum Gasteiger partial charge on any atom is 0.311 e. The number of sulfonamides is 1. The zero-order valence-corrected chi connectivity index (χ0v) is 20.5. The van der Waals surface area contributed by atoms with Gasteiger partial charge in [0.1, 0.15) is 16.8 Å². The van der Waals surface area contributed by atoms with Crippen LogP contribution in [0, 0.1) is 12.7 Å². The summed E-state index contributed by atoms with van der Waals surface area (Å²) in [5.74, 6) is -2.55. The lowest BCUT2D eigenvalue weighted by Gasteiger charge is -2.36. The van der Waals surface area contributed by atoms with Gasteiger partial charge in [-0.3, -0.25) is 14.4 Å². The molecule has 36 heavy (non-hydrogen) atoms. The van der Waals surface area contributed by atoms with Crippen LogP contribution in [0.1, 0.15) is 35.3 Å². The van der Waals surface area contributed by atoms with Crippen LogP contribution in [0.4, 0.5) is 10.1 Å². The number of rotatable bonds is 3. The number of hydrogen-bond donors (Lipinski definition) is 3. The summed E-state index contributed by atoms with van der Waals surface area (Å²) in [6, 6.07) is 3.32. The molecule has 1 saturated heterocycles. The second-order valence-corrected chi connectivity index (χ2v) is 11.1. The molecule has 2 atom stereocenters. The summed E-state index contributed by atoms with van der Waals surface area (Å²) in [6.07, 6.45) is 2.55. The van der Waals surface area contributed by atoms with Gasteiger partial charge in [-0.25, -0.2) is 17.5 Å². The van der Waals surface area contributed by atoms with Gasteiger partial charge in [0.25, 0.3) is 5.91 Å². The number of benzene rings is 1. The Hall–Kier alpha value is -3.45. The van der Waals surface area contributed by atoms with E-state index < -0.39 is 45.7 Å². The molecule has 3 N–H and O–H groups in total. The molecule has 2 fully saturated rings. The Morgan fingerprint density at radius 2 is 1.94 bits per heavy atom. The van der Waals surface area contributed by atoms with Gasteiger partial charge in [-0.2, -0.15) is 0 Å². The minimum atomic E-state index is -4.11. The van der Waals surface area contributed by atoms with E-state index in [2.05, 4.69) is 15.4 Å². The number of piperidine rings is 1. The summed E-state index contributed by atoms with van der Waals surface area (Å²) in [6.45, 7) is 1.71. The van der Waals surface area contributed by atoms with Crippen molar-refractivity contribution in [3.05, 3.63) is 41.5 Å². The Morgan fingerprint density at radius 1 is 1.19 bits per heavy atom. The van der Waals surface area contributed by atoms with Crippen LogP contribution in [0.25, 0.3) is 0 Å². The van der Waals surface area contributed by atoms with E-state index in [0.717, 1.165) is 12.8 Å². The number of nitrogens with zero attached hydrogens (tertiary/aromatic N) is 2. The molecule has 13 heteroatoms. The molecule has 0 bridgehead atoms. The van der Waals surface area contributed by atoms with Crippen LogP contribution in [0.5, 0.6) is 5.75 Å². The zero-order valence-electron chi connectivity index (χ0n) is 19.7. The van der Waals surface area contributed by atoms with Crippen molar-refractivity contribution in [1.29, 1.82) is 0 Å². The number of ether oxygens (including phenoxy) is 1. The molecule has 1 aliphatic carbocycles. The number of fused-ring (bicyclic) bond motifs is 2. The minimum absolute atomic E-state index is 0.0136. The first-order valence-electron chi connectivity index (χ1n) is 11.6. The number of carbonyl (C=O) groups is 3. The first-order chi connectivity index (χ1) is 17.0. The normalized spacial score (nSPS) is 22.5. The maximum atomic E-state index is 13.6. The van der Waals surface area contributed by atoms with E-state index >= 15 is 0 Å². The van der Waals surface area contributed by atoms with Crippen LogP contribution in [-0.2, 0) is 26.7 Å². The van der Waals surface area contributed by atoms with Crippen LogP contribution in [0.2, 0.25) is 0 Å². The van der Waals surface area contributed by atoms with Crippen LogP contribution in [0.3, 0.4) is 0 Å². The third-order valence-electron chi connectivity index (χ3n) is 6.54. The number of likely N-dealkylation sites (tertiary alicyclic amines) is 1. The van der Waals surface area contributed by atoms with Crippen molar-refractivity contribution in [2.75, 3.05) is 18.4 Å². The average molecular weight is 520 g/mol. The van der Waals surface area contributed by atoms with E-state index in [1.165, 1.54) is 40.9 Å². The molecule has 5 rings (SSSR count). The van der Waals surface area contributed by atoms with Gasteiger partial charge in [-0.1, -0.05) is 0 Å². The predicted octanol–water partition coefficient (Wildman–Crippen LogP) is 0.644. The third kappa shape index (κ3) is 4.55. The van der Waals surface area contributed by atoms with Crippen molar-refractivity contribution in [3.63, 3.8) is 0 Å². The summed E-state index contributed by atoms with van der Waals surface area (Å²) < 4.78 is 50.0. The smallest absolute Gasteiger partial charge is 0.311 e. The first kappa shape index (κ1) is 24.3. The molecule has 2 aromatic rings. The van der Waals surface area contributed by atoms with E-state index in [1.807, 2.05) is 0 Å². The molecule has 0 spiro atoms. The van der Waals surface area contributed by atoms with E-state index in [-0.39, 0.29) is 41.9 Å². The second kappa shape index (κ2) is 8.89. The van der Waals surface area contributed by atoms with Crippen LogP contribution in [0.15, 0.2) is 29.3 Å². The fourth-order valence-corrected chi connectivity index (χ4v) is 5.90. The number of nitrogens with one attached hydrogen (secondary N) is 3. The molecule has 11 nitrogen and oxygen atoms in total. The largest absolute Gasteiger partial charge is 0.485 e. The summed E-state index contributed by atoms with van der Waals surface area (Å²) in [5, 5.41) is 5.31. The van der Waals surface area contributed by atoms with Gasteiger partial charge < -0.3 is 24.8 Å². The first-order valence-corrected chi connectivity index (χ1v) is 13.1. The summed E-state index contributed by atoms with van der Waals surface area (Å²) in [5.41, 5.74) is 0.675. The van der Waals surface area contributed by atoms with Gasteiger partial charge in [0.05, 0.1) is 6.04 Å². The zero-order chi connectivity index (χ0) is 25.8. The number of aryl methyl sites for hydroxylation is 2. The molecule has 192 valence electrons. The molecule has 0 radical (unpaired) electrons. The van der Waals surface area contributed by atoms with Crippen molar-refractivity contribution in [1.82, 2.24) is 19.5 Å². The number of anilines is 1. The Morgan fingerprint density at radius 3 is 2.64 bits per heavy atom. The van der Waals surface area contributed by atoms with Crippen molar-refractivity contribution in [2.24, 2.45) is 7.05 Å². The number of carbonyl (C=O) groups excluding carboxylic acids is 3. The highest BCUT2D eigenvalue weighted by molar-refractivity contribution is 7.89. The second-order valence-electron chi connectivity index (χ2n) is 9.37. The van der Waals surface area contributed by atoms with Gasteiger partial charge in [-0.05, 0) is 43.5 Å². The van der Waals surface area contributed by atoms with Gasteiger partial charge in [0.15, 0.2) is 11.4 Å². The SMILES string of the molecule is Cc1cc(NC(=O)c2c3c(cn2C)S(=O)(=O)N[C@@H]2CN(C(=O)C(=O)NC4CC4)CC[C@H]2O3)ccc1F. The Kier molecular flexibility index (Phi) is 5.99. The van der Waals surface area contributed by atoms with Gasteiger partial charge in [0, 0.05) is 44.5 Å². The molecule has 3 amide bonds. The van der Waals surface area contributed by atoms with Gasteiger partial charge in [0.2, 0.25) is 10.0 Å². The van der Waals surface area contributed by atoms with Crippen LogP contribution < -0.4 is 20.1 Å². The molecule has 3 heterocycles. The average Bonchev–Trinajstić information content (AvgIpc) is 3.58. The molecule has 1 aromatic heterocycles. The lowest BCUT2D eigenvalue weighted by Crippen LogP contribution is -2.58. The fraction of sp³-hybridized carbons (Fsp3) is 0.435. The molecule has 0 unspecified atom stereocenters. The highest BCUT2D eigenvalue weighted by Gasteiger charge is 2.43. The number of hydrogen-bond acceptors (Lipinski definition) is 6. The molecule has 3 aliphatic rings. The van der Waals surface area contributed by atoms with E-state index in [1.54, 1.807) is 6.92 Å². The highest BCUT2D eigenvalue weighted by atomic mass is 32.2. The minimum Gasteiger partial charge on any atom is -0.485 e. The molecule has 2 aliphatic heterocycles. The molecule has 1 saturated carbocycles. The van der Waals surface area contributed by atoms with E-state index in [0.29, 0.717) is 11.3 Å². The maximum absolute atomic E-state index is 13.6. The highest BCUT2D eigenvalue weighted by Crippen LogP contribution is 2.36. The molecular weight excluding hydrogens is 493 g/mol. The summed E-state index contributed by atoms with van der Waals surface area (Å²) in [4.78, 5) is 39.0. The van der Waals surface area contributed by atoms with Crippen molar-refractivity contribution < 1.29 is 31.9 Å². The Balaban J connectivity index is 1.38. The number of halogens is 1. The standard InChI is InChI=1S/C23H26FN5O6S/c1-12-9-14(5-6-15(12)24)26-21(30)19-20-18(11-28(19)2)36(33,34)27-16-10-29(8-7-17(16)35-20)23(32)22(31)25-13-3-4-13/h5-6,9,11,13,16-17,27H,3-4,7-8,10H2,1-2H3,(H,25,31)(H,26,30)/t16-,17-/m1/s1. The predicted molar refractivity (Wildman–Crippen MR) is 125 cm³/mol. The van der Waals surface area contributed by atoms with Gasteiger partial charge in [-0.15, -0.1) is 0 Å². The lowest BCUT2D eigenvalue weighted by molar-refractivity contribution is -0.147. The summed E-state index contributed by atoms with van der Waals surface area (Å²) >= 11 is 0. The fourth-order valence-electron chi connectivity index (χ4n) is 4.46. The third-order valence-corrected chi connectivity index (χ3v) is 8.02. The quantitative estimate of drug-likeness (QED) is 0.509. The molecule has 1 aromatic carbocycles. The van der Waals surface area contributed by atoms with Crippen LogP contribution in [-0.4, -0.2) is 66.9 Å². The molecular formula is C23H26FN5O6S. The topological polar surface area (TPSA) is 139 Å². The van der Waals surface area contributed by atoms with Crippen molar-refractivity contribution >= 4 is 33.4 Å². The Bertz CT molecular complexity index is 1370.